The van der Waals surface area contributed by atoms with Crippen LogP contribution in [0.5, 0.6) is 11.5 Å². The van der Waals surface area contributed by atoms with Crippen molar-refractivity contribution in [2.24, 2.45) is 11.8 Å². The number of rotatable bonds is 5. The molecule has 35 heavy (non-hydrogen) atoms. The van der Waals surface area contributed by atoms with Crippen LogP contribution in [0.25, 0.3) is 0 Å². The first-order valence-electron chi connectivity index (χ1n) is 13.4. The first-order chi connectivity index (χ1) is 16.9. The summed E-state index contributed by atoms with van der Waals surface area (Å²) in [5, 5.41) is 3.01. The van der Waals surface area contributed by atoms with Gasteiger partial charge in [0.1, 0.15) is 0 Å². The number of hydrogen-bond acceptors (Lipinski definition) is 6. The Morgan fingerprint density at radius 2 is 1.54 bits per heavy atom. The van der Waals surface area contributed by atoms with Gasteiger partial charge in [0, 0.05) is 63.9 Å². The molecule has 0 radical (unpaired) electrons. The number of benzene rings is 1. The molecule has 1 N–H and O–H groups in total. The molecule has 0 aromatic heterocycles. The van der Waals surface area contributed by atoms with Gasteiger partial charge in [-0.25, -0.2) is 0 Å². The Morgan fingerprint density at radius 1 is 0.914 bits per heavy atom. The van der Waals surface area contributed by atoms with Crippen LogP contribution >= 0.6 is 0 Å². The average molecular weight is 485 g/mol. The van der Waals surface area contributed by atoms with Crippen LogP contribution in [0.4, 0.5) is 5.69 Å². The zero-order valence-corrected chi connectivity index (χ0v) is 21.3. The summed E-state index contributed by atoms with van der Waals surface area (Å²) in [6, 6.07) is 5.66. The van der Waals surface area contributed by atoms with E-state index in [0.29, 0.717) is 24.9 Å². The lowest BCUT2D eigenvalue weighted by Gasteiger charge is -2.38. The summed E-state index contributed by atoms with van der Waals surface area (Å²) in [5.74, 6) is 2.36. The number of nitrogens with zero attached hydrogens (tertiary/aromatic N) is 3. The smallest absolute Gasteiger partial charge is 0.251 e. The number of amides is 2. The molecular formula is C27H40N4O4. The predicted octanol–water partition coefficient (Wildman–Crippen LogP) is 3.18. The van der Waals surface area contributed by atoms with Crippen molar-refractivity contribution in [2.75, 3.05) is 57.7 Å². The number of piperazine rings is 1. The lowest BCUT2D eigenvalue weighted by atomic mass is 9.92. The molecule has 5 rings (SSSR count). The molecule has 8 heteroatoms. The summed E-state index contributed by atoms with van der Waals surface area (Å²) in [4.78, 5) is 31.9. The number of nitrogens with one attached hydrogen (secondary N) is 1. The van der Waals surface area contributed by atoms with Gasteiger partial charge in [0.2, 0.25) is 11.8 Å². The number of ether oxygens (including phenoxy) is 2. The van der Waals surface area contributed by atoms with E-state index >= 15 is 0 Å². The van der Waals surface area contributed by atoms with Crippen LogP contribution in [0.1, 0.15) is 52.4 Å². The standard InChI is InChI=1S/C27H40N4O4/c1-20-14-21(2)17-31(16-20)26(33)19-30-12-10-29(11-13-30)18-25(32)28-22-6-7-23-24(15-22)35-27(34-23)8-4-3-5-9-27/h6-7,15,20-21H,3-5,8-14,16-19H2,1-2H3,(H,28,32)/t20-,21+. The van der Waals surface area contributed by atoms with Gasteiger partial charge in [-0.05, 0) is 43.2 Å². The van der Waals surface area contributed by atoms with Crippen molar-refractivity contribution in [3.05, 3.63) is 18.2 Å². The first-order valence-corrected chi connectivity index (χ1v) is 13.4. The van der Waals surface area contributed by atoms with Crippen LogP contribution in [-0.2, 0) is 9.59 Å². The average Bonchev–Trinajstić information content (AvgIpc) is 3.16. The van der Waals surface area contributed by atoms with Crippen molar-refractivity contribution in [1.82, 2.24) is 14.7 Å². The highest BCUT2D eigenvalue weighted by Gasteiger charge is 2.42. The van der Waals surface area contributed by atoms with Crippen LogP contribution in [0.3, 0.4) is 0 Å². The van der Waals surface area contributed by atoms with E-state index in [2.05, 4.69) is 29.0 Å². The number of carbonyl (C=O) groups is 2. The van der Waals surface area contributed by atoms with Crippen molar-refractivity contribution in [1.29, 1.82) is 0 Å². The van der Waals surface area contributed by atoms with Gasteiger partial charge in [0.15, 0.2) is 11.5 Å². The van der Waals surface area contributed by atoms with E-state index in [1.165, 1.54) is 12.8 Å². The molecule has 4 aliphatic rings. The minimum absolute atomic E-state index is 0.0305. The number of fused-ring (bicyclic) bond motifs is 1. The number of hydrogen-bond donors (Lipinski definition) is 1. The van der Waals surface area contributed by atoms with Gasteiger partial charge in [-0.15, -0.1) is 0 Å². The molecule has 1 aliphatic carbocycles. The highest BCUT2D eigenvalue weighted by molar-refractivity contribution is 5.92. The van der Waals surface area contributed by atoms with Crippen LogP contribution in [0.15, 0.2) is 18.2 Å². The second-order valence-corrected chi connectivity index (χ2v) is 11.2. The fourth-order valence-corrected chi connectivity index (χ4v) is 6.13. The van der Waals surface area contributed by atoms with Gasteiger partial charge in [0.25, 0.3) is 5.79 Å². The van der Waals surface area contributed by atoms with E-state index in [0.717, 1.165) is 82.1 Å². The van der Waals surface area contributed by atoms with E-state index in [-0.39, 0.29) is 11.8 Å². The quantitative estimate of drug-likeness (QED) is 0.692. The summed E-state index contributed by atoms with van der Waals surface area (Å²) < 4.78 is 12.3. The third kappa shape index (κ3) is 5.92. The predicted molar refractivity (Wildman–Crippen MR) is 135 cm³/mol. The maximum absolute atomic E-state index is 12.8. The fraction of sp³-hybridized carbons (Fsp3) is 0.704. The molecule has 0 unspecified atom stereocenters. The zero-order valence-electron chi connectivity index (χ0n) is 21.3. The number of anilines is 1. The zero-order chi connectivity index (χ0) is 24.4. The van der Waals surface area contributed by atoms with Crippen molar-refractivity contribution in [3.8, 4) is 11.5 Å². The van der Waals surface area contributed by atoms with Crippen LogP contribution in [0.2, 0.25) is 0 Å². The largest absolute Gasteiger partial charge is 0.448 e. The molecule has 8 nitrogen and oxygen atoms in total. The van der Waals surface area contributed by atoms with E-state index < -0.39 is 5.79 Å². The van der Waals surface area contributed by atoms with Gasteiger partial charge >= 0.3 is 0 Å². The Kier molecular flexibility index (Phi) is 7.21. The van der Waals surface area contributed by atoms with Gasteiger partial charge in [-0.1, -0.05) is 20.3 Å². The summed E-state index contributed by atoms with van der Waals surface area (Å²) in [7, 11) is 0. The molecule has 0 bridgehead atoms. The lowest BCUT2D eigenvalue weighted by Crippen LogP contribution is -2.52. The Bertz CT molecular complexity index is 914. The van der Waals surface area contributed by atoms with Crippen molar-refractivity contribution in [2.45, 2.75) is 58.2 Å². The Balaban J connectivity index is 1.05. The lowest BCUT2D eigenvalue weighted by molar-refractivity contribution is -0.135. The number of piperidine rings is 1. The maximum Gasteiger partial charge on any atom is 0.251 e. The highest BCUT2D eigenvalue weighted by Crippen LogP contribution is 2.46. The topological polar surface area (TPSA) is 74.4 Å². The van der Waals surface area contributed by atoms with E-state index in [4.69, 9.17) is 9.47 Å². The van der Waals surface area contributed by atoms with Crippen LogP contribution < -0.4 is 14.8 Å². The summed E-state index contributed by atoms with van der Waals surface area (Å²) in [6.45, 7) is 10.3. The molecule has 2 saturated heterocycles. The minimum atomic E-state index is -0.505. The second kappa shape index (κ2) is 10.3. The molecule has 2 amide bonds. The van der Waals surface area contributed by atoms with Crippen LogP contribution in [0, 0.1) is 11.8 Å². The van der Waals surface area contributed by atoms with Crippen molar-refractivity contribution >= 4 is 17.5 Å². The Labute approximate surface area is 208 Å². The highest BCUT2D eigenvalue weighted by atomic mass is 16.7. The summed E-state index contributed by atoms with van der Waals surface area (Å²) >= 11 is 0. The molecule has 1 saturated carbocycles. The second-order valence-electron chi connectivity index (χ2n) is 11.2. The molecule has 2 atom stereocenters. The molecule has 3 aliphatic heterocycles. The SMILES string of the molecule is C[C@@H]1C[C@H](C)CN(C(=O)CN2CCN(CC(=O)Nc3ccc4c(c3)OC3(CCCCC3)O4)CC2)C1. The van der Waals surface area contributed by atoms with Gasteiger partial charge < -0.3 is 19.7 Å². The molecule has 1 spiro atoms. The molecule has 3 heterocycles. The Morgan fingerprint density at radius 3 is 2.23 bits per heavy atom. The molecule has 1 aromatic rings. The molecular weight excluding hydrogens is 444 g/mol. The normalized spacial score (nSPS) is 26.6. The third-order valence-electron chi connectivity index (χ3n) is 7.85. The van der Waals surface area contributed by atoms with E-state index in [9.17, 15) is 9.59 Å². The van der Waals surface area contributed by atoms with Gasteiger partial charge in [-0.2, -0.15) is 0 Å². The third-order valence-corrected chi connectivity index (χ3v) is 7.85. The van der Waals surface area contributed by atoms with E-state index in [1.807, 2.05) is 23.1 Å². The maximum atomic E-state index is 12.8. The number of likely N-dealkylation sites (tertiary alicyclic amines) is 1. The molecule has 192 valence electrons. The number of carbonyl (C=O) groups excluding carboxylic acids is 2. The minimum Gasteiger partial charge on any atom is -0.448 e. The van der Waals surface area contributed by atoms with Gasteiger partial charge in [-0.3, -0.25) is 19.4 Å². The van der Waals surface area contributed by atoms with Crippen molar-refractivity contribution in [3.63, 3.8) is 0 Å². The fourth-order valence-electron chi connectivity index (χ4n) is 6.13. The summed E-state index contributed by atoms with van der Waals surface area (Å²) in [6.07, 6.45) is 6.50. The molecule has 3 fully saturated rings. The molecule has 1 aromatic carbocycles. The van der Waals surface area contributed by atoms with Crippen LogP contribution in [-0.4, -0.2) is 84.7 Å². The van der Waals surface area contributed by atoms with E-state index in [1.54, 1.807) is 0 Å². The Hall–Kier alpha value is -2.32. The first kappa shape index (κ1) is 24.4. The van der Waals surface area contributed by atoms with Crippen molar-refractivity contribution < 1.29 is 19.1 Å². The van der Waals surface area contributed by atoms with Gasteiger partial charge in [0.05, 0.1) is 13.1 Å². The monoisotopic (exact) mass is 484 g/mol. The summed E-state index contributed by atoms with van der Waals surface area (Å²) in [5.41, 5.74) is 0.736.